The number of carbonyl (C=O) groups excluding carboxylic acids is 1. The summed E-state index contributed by atoms with van der Waals surface area (Å²) in [6.07, 6.45) is -1.13. The van der Waals surface area contributed by atoms with Crippen LogP contribution in [0.5, 0.6) is 5.75 Å². The van der Waals surface area contributed by atoms with Crippen molar-refractivity contribution in [2.45, 2.75) is 50.7 Å². The van der Waals surface area contributed by atoms with Crippen LogP contribution in [0.1, 0.15) is 48.5 Å². The second-order valence-electron chi connectivity index (χ2n) is 11.3. The average Bonchev–Trinajstić information content (AvgIpc) is 3.56. The number of ether oxygens (including phenoxy) is 2. The van der Waals surface area contributed by atoms with Crippen LogP contribution in [0.25, 0.3) is 16.8 Å². The Kier molecular flexibility index (Phi) is 9.74. The highest BCUT2D eigenvalue weighted by molar-refractivity contribution is 7.99. The van der Waals surface area contributed by atoms with Gasteiger partial charge in [-0.05, 0) is 74.6 Å². The van der Waals surface area contributed by atoms with Crippen LogP contribution < -0.4 is 5.32 Å². The lowest BCUT2D eigenvalue weighted by Gasteiger charge is -2.41. The molecule has 1 aliphatic heterocycles. The number of hydrogen-bond donors (Lipinski definition) is 3. The van der Waals surface area contributed by atoms with E-state index in [9.17, 15) is 15.0 Å². The second-order valence-corrected chi connectivity index (χ2v) is 12.2. The summed E-state index contributed by atoms with van der Waals surface area (Å²) in [6.45, 7) is 4.06. The van der Waals surface area contributed by atoms with Gasteiger partial charge in [0.1, 0.15) is 5.75 Å². The number of nitrogens with one attached hydrogen (secondary N) is 1. The minimum absolute atomic E-state index is 0.0182. The van der Waals surface area contributed by atoms with Crippen LogP contribution in [-0.2, 0) is 27.4 Å². The van der Waals surface area contributed by atoms with Crippen molar-refractivity contribution < 1.29 is 24.5 Å². The molecule has 1 aromatic heterocycles. The lowest BCUT2D eigenvalue weighted by molar-refractivity contribution is -0.268. The molecule has 0 unspecified atom stereocenters. The number of phenolic OH excluding ortho intramolecular Hbond substituents is 1. The van der Waals surface area contributed by atoms with E-state index in [0.717, 1.165) is 39.1 Å². The van der Waals surface area contributed by atoms with Crippen LogP contribution in [0.2, 0.25) is 0 Å². The molecule has 0 radical (unpaired) electrons. The number of thioether (sulfide) groups is 1. The number of amides is 1. The van der Waals surface area contributed by atoms with E-state index < -0.39 is 6.29 Å². The molecule has 1 amide bonds. The average molecular weight is 638 g/mol. The number of hydrogen-bond acceptors (Lipinski definition) is 9. The molecule has 1 fully saturated rings. The molecule has 1 aliphatic rings. The summed E-state index contributed by atoms with van der Waals surface area (Å²) in [4.78, 5) is 11.4. The molecule has 4 atom stereocenters. The highest BCUT2D eigenvalue weighted by Crippen LogP contribution is 2.43. The first-order valence-electron chi connectivity index (χ1n) is 15.0. The van der Waals surface area contributed by atoms with Gasteiger partial charge in [0.2, 0.25) is 11.1 Å². The monoisotopic (exact) mass is 637 g/mol. The van der Waals surface area contributed by atoms with Gasteiger partial charge >= 0.3 is 0 Å². The number of rotatable bonds is 10. The first-order chi connectivity index (χ1) is 22.4. The molecule has 6 rings (SSSR count). The predicted molar refractivity (Wildman–Crippen MR) is 174 cm³/mol. The fraction of sp³-hybridized carbons (Fsp3) is 0.257. The van der Waals surface area contributed by atoms with Gasteiger partial charge in [-0.2, -0.15) is 4.68 Å². The molecular formula is C35H35N5O5S. The Morgan fingerprint density at radius 1 is 0.913 bits per heavy atom. The Bertz CT molecular complexity index is 1780. The van der Waals surface area contributed by atoms with E-state index in [0.29, 0.717) is 17.5 Å². The SMILES string of the molecule is CC(=O)NCc1cccc(-c2cccc([C@H]3O[C@@H](CSc4nnnn4-c4ccc(O)cc4)[C@@H](C)[C@@H](c4ccc(CO)cc4)O3)c2)c1. The molecule has 5 aromatic rings. The molecule has 236 valence electrons. The van der Waals surface area contributed by atoms with Crippen LogP contribution in [-0.4, -0.2) is 48.2 Å². The number of benzene rings is 4. The quantitative estimate of drug-likeness (QED) is 0.164. The molecule has 4 aromatic carbocycles. The number of carbonyl (C=O) groups is 1. The normalized spacial score (nSPS) is 19.5. The highest BCUT2D eigenvalue weighted by atomic mass is 32.2. The van der Waals surface area contributed by atoms with E-state index in [1.165, 1.54) is 18.7 Å². The molecule has 1 saturated heterocycles. The van der Waals surface area contributed by atoms with Crippen molar-refractivity contribution in [3.63, 3.8) is 0 Å². The Morgan fingerprint density at radius 3 is 2.39 bits per heavy atom. The lowest BCUT2D eigenvalue weighted by atomic mass is 9.91. The van der Waals surface area contributed by atoms with Crippen molar-refractivity contribution in [2.24, 2.45) is 5.92 Å². The van der Waals surface area contributed by atoms with Gasteiger partial charge in [0.25, 0.3) is 0 Å². The molecular weight excluding hydrogens is 602 g/mol. The maximum absolute atomic E-state index is 11.4. The maximum Gasteiger partial charge on any atom is 0.217 e. The summed E-state index contributed by atoms with van der Waals surface area (Å²) in [5.41, 5.74) is 6.51. The maximum atomic E-state index is 11.4. The van der Waals surface area contributed by atoms with Gasteiger partial charge < -0.3 is 25.0 Å². The van der Waals surface area contributed by atoms with Gasteiger partial charge in [-0.25, -0.2) is 0 Å². The summed E-state index contributed by atoms with van der Waals surface area (Å²) in [7, 11) is 0. The van der Waals surface area contributed by atoms with Crippen molar-refractivity contribution in [1.29, 1.82) is 0 Å². The topological polar surface area (TPSA) is 132 Å². The molecule has 0 bridgehead atoms. The van der Waals surface area contributed by atoms with Crippen LogP contribution >= 0.6 is 11.8 Å². The van der Waals surface area contributed by atoms with Crippen molar-refractivity contribution in [3.8, 4) is 22.6 Å². The molecule has 11 heteroatoms. The third kappa shape index (κ3) is 7.29. The van der Waals surface area contributed by atoms with Gasteiger partial charge in [0.05, 0.1) is 24.5 Å². The molecule has 0 spiro atoms. The van der Waals surface area contributed by atoms with Gasteiger partial charge in [-0.15, -0.1) is 5.10 Å². The Labute approximate surface area is 271 Å². The zero-order valence-electron chi connectivity index (χ0n) is 25.5. The number of nitrogens with zero attached hydrogens (tertiary/aromatic N) is 4. The third-order valence-corrected chi connectivity index (χ3v) is 9.00. The van der Waals surface area contributed by atoms with Crippen LogP contribution in [0, 0.1) is 5.92 Å². The first kappa shape index (κ1) is 31.4. The van der Waals surface area contributed by atoms with Crippen molar-refractivity contribution in [1.82, 2.24) is 25.5 Å². The summed E-state index contributed by atoms with van der Waals surface area (Å²) in [6, 6.07) is 30.8. The van der Waals surface area contributed by atoms with E-state index in [-0.39, 0.29) is 36.4 Å². The summed E-state index contributed by atoms with van der Waals surface area (Å²) in [5, 5.41) is 35.0. The number of aromatic nitrogens is 4. The summed E-state index contributed by atoms with van der Waals surface area (Å²) >= 11 is 1.49. The Balaban J connectivity index is 1.27. The fourth-order valence-electron chi connectivity index (χ4n) is 5.44. The first-order valence-corrected chi connectivity index (χ1v) is 16.0. The Hall–Kier alpha value is -4.55. The van der Waals surface area contributed by atoms with Gasteiger partial charge in [-0.1, -0.05) is 79.3 Å². The molecule has 2 heterocycles. The molecule has 10 nitrogen and oxygen atoms in total. The zero-order valence-corrected chi connectivity index (χ0v) is 26.3. The second kappa shape index (κ2) is 14.3. The van der Waals surface area contributed by atoms with Crippen LogP contribution in [0.4, 0.5) is 0 Å². The standard InChI is InChI=1S/C35H35N5O5S/c1-22-32(21-46-35-37-38-39-40(35)30-13-15-31(43)16-14-30)44-34(45-33(22)26-11-9-24(20-41)10-12-26)29-8-4-7-28(18-29)27-6-3-5-25(17-27)19-36-23(2)42/h3-18,22,32-34,41,43H,19-21H2,1-2H3,(H,36,42)/t22-,32+,33+,34+/m1/s1. The number of aliphatic hydroxyl groups is 1. The van der Waals surface area contributed by atoms with Crippen LogP contribution in [0.15, 0.2) is 102 Å². The predicted octanol–water partition coefficient (Wildman–Crippen LogP) is 5.75. The third-order valence-electron chi connectivity index (χ3n) is 8.00. The minimum Gasteiger partial charge on any atom is -0.508 e. The van der Waals surface area contributed by atoms with E-state index in [1.807, 2.05) is 60.7 Å². The van der Waals surface area contributed by atoms with E-state index >= 15 is 0 Å². The van der Waals surface area contributed by atoms with E-state index in [4.69, 9.17) is 9.47 Å². The molecule has 3 N–H and O–H groups in total. The largest absolute Gasteiger partial charge is 0.508 e. The van der Waals surface area contributed by atoms with E-state index in [2.05, 4.69) is 39.9 Å². The highest BCUT2D eigenvalue weighted by Gasteiger charge is 2.38. The van der Waals surface area contributed by atoms with Gasteiger partial charge in [-0.3, -0.25) is 4.79 Å². The number of phenols is 1. The lowest BCUT2D eigenvalue weighted by Crippen LogP contribution is -2.38. The number of aromatic hydroxyl groups is 1. The molecule has 0 aliphatic carbocycles. The number of aliphatic hydroxyl groups excluding tert-OH is 1. The van der Waals surface area contributed by atoms with Crippen LogP contribution in [0.3, 0.4) is 0 Å². The van der Waals surface area contributed by atoms with Crippen molar-refractivity contribution >= 4 is 17.7 Å². The fourth-order valence-corrected chi connectivity index (χ4v) is 6.50. The molecule has 0 saturated carbocycles. The summed E-state index contributed by atoms with van der Waals surface area (Å²) < 4.78 is 15.0. The number of tetrazole rings is 1. The zero-order chi connectivity index (χ0) is 32.0. The minimum atomic E-state index is -0.639. The summed E-state index contributed by atoms with van der Waals surface area (Å²) in [5.74, 6) is 0.644. The van der Waals surface area contributed by atoms with Gasteiger partial charge in [0, 0.05) is 30.7 Å². The van der Waals surface area contributed by atoms with Crippen molar-refractivity contribution in [2.75, 3.05) is 5.75 Å². The van der Waals surface area contributed by atoms with E-state index in [1.54, 1.807) is 28.9 Å². The Morgan fingerprint density at radius 2 is 1.65 bits per heavy atom. The van der Waals surface area contributed by atoms with Gasteiger partial charge in [0.15, 0.2) is 6.29 Å². The van der Waals surface area contributed by atoms with Crippen molar-refractivity contribution in [3.05, 3.63) is 119 Å². The smallest absolute Gasteiger partial charge is 0.217 e. The molecule has 46 heavy (non-hydrogen) atoms.